The summed E-state index contributed by atoms with van der Waals surface area (Å²) in [5.74, 6) is 0.284. The van der Waals surface area contributed by atoms with Crippen molar-refractivity contribution in [3.05, 3.63) is 89.9 Å². The summed E-state index contributed by atoms with van der Waals surface area (Å²) in [6.07, 6.45) is 2.87. The Hall–Kier alpha value is -4.11. The molecule has 0 saturated carbocycles. The SMILES string of the molecule is COc1ccc(NC(=O)c2cccc(-c3cnco3)c2)cc1S(=O)(=O)Nc1c(C)cccc1C. The molecular formula is C25H23N3O5S. The van der Waals surface area contributed by atoms with Crippen LogP contribution in [-0.4, -0.2) is 26.4 Å². The summed E-state index contributed by atoms with van der Waals surface area (Å²) in [4.78, 5) is 16.7. The lowest BCUT2D eigenvalue weighted by Gasteiger charge is -2.16. The molecule has 1 amide bonds. The van der Waals surface area contributed by atoms with Crippen LogP contribution in [0.5, 0.6) is 5.75 Å². The molecule has 9 heteroatoms. The number of hydrogen-bond acceptors (Lipinski definition) is 6. The number of methoxy groups -OCH3 is 1. The Labute approximate surface area is 197 Å². The number of sulfonamides is 1. The molecule has 2 N–H and O–H groups in total. The van der Waals surface area contributed by atoms with Gasteiger partial charge in [0.2, 0.25) is 0 Å². The van der Waals surface area contributed by atoms with E-state index in [-0.39, 0.29) is 10.6 Å². The van der Waals surface area contributed by atoms with E-state index in [1.54, 1.807) is 36.5 Å². The Balaban J connectivity index is 1.63. The van der Waals surface area contributed by atoms with Crippen molar-refractivity contribution in [1.82, 2.24) is 4.98 Å². The van der Waals surface area contributed by atoms with Gasteiger partial charge in [0.1, 0.15) is 10.6 Å². The molecule has 4 aromatic rings. The van der Waals surface area contributed by atoms with E-state index in [1.807, 2.05) is 32.0 Å². The number of nitrogens with zero attached hydrogens (tertiary/aromatic N) is 1. The third kappa shape index (κ3) is 4.79. The molecule has 0 spiro atoms. The summed E-state index contributed by atoms with van der Waals surface area (Å²) in [5.41, 5.74) is 3.46. The second kappa shape index (κ2) is 9.40. The third-order valence-electron chi connectivity index (χ3n) is 5.27. The Morgan fingerprint density at radius 3 is 2.41 bits per heavy atom. The van der Waals surface area contributed by atoms with Crippen molar-refractivity contribution >= 4 is 27.3 Å². The van der Waals surface area contributed by atoms with Crippen molar-refractivity contribution in [2.24, 2.45) is 0 Å². The lowest BCUT2D eigenvalue weighted by molar-refractivity contribution is 0.102. The van der Waals surface area contributed by atoms with Gasteiger partial charge in [-0.3, -0.25) is 9.52 Å². The predicted molar refractivity (Wildman–Crippen MR) is 130 cm³/mol. The predicted octanol–water partition coefficient (Wildman–Crippen LogP) is 5.02. The zero-order valence-electron chi connectivity index (χ0n) is 18.8. The first-order chi connectivity index (χ1) is 16.3. The molecule has 8 nitrogen and oxygen atoms in total. The highest BCUT2D eigenvalue weighted by atomic mass is 32.2. The van der Waals surface area contributed by atoms with Crippen LogP contribution in [0, 0.1) is 13.8 Å². The van der Waals surface area contributed by atoms with Gasteiger partial charge >= 0.3 is 0 Å². The van der Waals surface area contributed by atoms with Crippen LogP contribution < -0.4 is 14.8 Å². The molecule has 4 rings (SSSR count). The number of aromatic nitrogens is 1. The van der Waals surface area contributed by atoms with E-state index in [0.29, 0.717) is 28.3 Å². The molecular weight excluding hydrogens is 454 g/mol. The Morgan fingerprint density at radius 2 is 1.74 bits per heavy atom. The minimum Gasteiger partial charge on any atom is -0.495 e. The molecule has 0 atom stereocenters. The van der Waals surface area contributed by atoms with Crippen molar-refractivity contribution in [2.75, 3.05) is 17.1 Å². The Bertz CT molecular complexity index is 1430. The Morgan fingerprint density at radius 1 is 1.00 bits per heavy atom. The maximum absolute atomic E-state index is 13.2. The first-order valence-corrected chi connectivity index (χ1v) is 11.8. The summed E-state index contributed by atoms with van der Waals surface area (Å²) < 4.78 is 39.7. The highest BCUT2D eigenvalue weighted by Crippen LogP contribution is 2.31. The zero-order valence-corrected chi connectivity index (χ0v) is 19.6. The van der Waals surface area contributed by atoms with Gasteiger partial charge < -0.3 is 14.5 Å². The maximum Gasteiger partial charge on any atom is 0.265 e. The van der Waals surface area contributed by atoms with Crippen molar-refractivity contribution in [3.8, 4) is 17.1 Å². The van der Waals surface area contributed by atoms with Gasteiger partial charge in [-0.25, -0.2) is 13.4 Å². The highest BCUT2D eigenvalue weighted by Gasteiger charge is 2.22. The summed E-state index contributed by atoms with van der Waals surface area (Å²) in [6.45, 7) is 3.65. The molecule has 1 heterocycles. The summed E-state index contributed by atoms with van der Waals surface area (Å²) in [7, 11) is -2.62. The molecule has 0 aliphatic heterocycles. The fourth-order valence-corrected chi connectivity index (χ4v) is 4.90. The molecule has 34 heavy (non-hydrogen) atoms. The van der Waals surface area contributed by atoms with Gasteiger partial charge in [-0.1, -0.05) is 30.3 Å². The smallest absolute Gasteiger partial charge is 0.265 e. The summed E-state index contributed by atoms with van der Waals surface area (Å²) >= 11 is 0. The molecule has 0 unspecified atom stereocenters. The lowest BCUT2D eigenvalue weighted by Crippen LogP contribution is -2.17. The number of para-hydroxylation sites is 1. The number of carbonyl (C=O) groups is 1. The highest BCUT2D eigenvalue weighted by molar-refractivity contribution is 7.92. The number of anilines is 2. The first kappa shape index (κ1) is 23.1. The maximum atomic E-state index is 13.2. The van der Waals surface area contributed by atoms with Crippen molar-refractivity contribution in [1.29, 1.82) is 0 Å². The molecule has 3 aromatic carbocycles. The van der Waals surface area contributed by atoms with E-state index in [0.717, 1.165) is 11.1 Å². The van der Waals surface area contributed by atoms with Gasteiger partial charge in [0, 0.05) is 16.8 Å². The molecule has 0 bridgehead atoms. The second-order valence-corrected chi connectivity index (χ2v) is 9.29. The van der Waals surface area contributed by atoms with E-state index in [2.05, 4.69) is 15.0 Å². The number of aryl methyl sites for hydroxylation is 2. The number of nitrogens with one attached hydrogen (secondary N) is 2. The van der Waals surface area contributed by atoms with E-state index in [1.165, 1.54) is 25.6 Å². The van der Waals surface area contributed by atoms with Crippen LogP contribution in [0.4, 0.5) is 11.4 Å². The minimum atomic E-state index is -4.01. The van der Waals surface area contributed by atoms with Crippen LogP contribution in [0.25, 0.3) is 11.3 Å². The molecule has 174 valence electrons. The minimum absolute atomic E-state index is 0.0918. The number of carbonyl (C=O) groups excluding carboxylic acids is 1. The topological polar surface area (TPSA) is 111 Å². The molecule has 1 aromatic heterocycles. The molecule has 0 fully saturated rings. The quantitative estimate of drug-likeness (QED) is 0.387. The van der Waals surface area contributed by atoms with Gasteiger partial charge in [-0.2, -0.15) is 0 Å². The number of oxazole rings is 1. The van der Waals surface area contributed by atoms with Gasteiger partial charge in [-0.05, 0) is 55.3 Å². The Kier molecular flexibility index (Phi) is 6.38. The number of amides is 1. The van der Waals surface area contributed by atoms with Gasteiger partial charge in [0.05, 0.1) is 19.0 Å². The zero-order chi connectivity index (χ0) is 24.3. The number of benzene rings is 3. The second-order valence-electron chi connectivity index (χ2n) is 7.64. The van der Waals surface area contributed by atoms with E-state index >= 15 is 0 Å². The van der Waals surface area contributed by atoms with Crippen molar-refractivity contribution in [3.63, 3.8) is 0 Å². The van der Waals surface area contributed by atoms with Crippen LogP contribution in [-0.2, 0) is 10.0 Å². The summed E-state index contributed by atoms with van der Waals surface area (Å²) in [5, 5.41) is 2.75. The molecule has 0 aliphatic carbocycles. The van der Waals surface area contributed by atoms with Gasteiger partial charge in [0.15, 0.2) is 12.2 Å². The number of ether oxygens (including phenoxy) is 1. The van der Waals surface area contributed by atoms with Crippen molar-refractivity contribution in [2.45, 2.75) is 18.7 Å². The monoisotopic (exact) mass is 477 g/mol. The largest absolute Gasteiger partial charge is 0.495 e. The fourth-order valence-electron chi connectivity index (χ4n) is 3.50. The number of rotatable bonds is 7. The number of hydrogen-bond donors (Lipinski definition) is 2. The average molecular weight is 478 g/mol. The van der Waals surface area contributed by atoms with Crippen LogP contribution in [0.3, 0.4) is 0 Å². The summed E-state index contributed by atoms with van der Waals surface area (Å²) in [6, 6.07) is 16.8. The fraction of sp³-hybridized carbons (Fsp3) is 0.120. The van der Waals surface area contributed by atoms with E-state index in [4.69, 9.17) is 9.15 Å². The van der Waals surface area contributed by atoms with Gasteiger partial charge in [-0.15, -0.1) is 0 Å². The third-order valence-corrected chi connectivity index (χ3v) is 6.64. The molecule has 0 radical (unpaired) electrons. The molecule has 0 aliphatic rings. The molecule has 0 saturated heterocycles. The van der Waals surface area contributed by atoms with E-state index < -0.39 is 15.9 Å². The first-order valence-electron chi connectivity index (χ1n) is 10.4. The van der Waals surface area contributed by atoms with Gasteiger partial charge in [0.25, 0.3) is 15.9 Å². The lowest BCUT2D eigenvalue weighted by atomic mass is 10.1. The standard InChI is InChI=1S/C25H23N3O5S/c1-16-6-4-7-17(2)24(16)28-34(30,31)23-13-20(10-11-21(23)32-3)27-25(29)19-9-5-8-18(12-19)22-14-26-15-33-22/h4-15,28H,1-3H3,(H,27,29). The van der Waals surface area contributed by atoms with Crippen LogP contribution >= 0.6 is 0 Å². The van der Waals surface area contributed by atoms with Crippen LogP contribution in [0.2, 0.25) is 0 Å². The van der Waals surface area contributed by atoms with Crippen LogP contribution in [0.1, 0.15) is 21.5 Å². The average Bonchev–Trinajstić information content (AvgIpc) is 3.37. The van der Waals surface area contributed by atoms with Crippen molar-refractivity contribution < 1.29 is 22.4 Å². The normalized spacial score (nSPS) is 11.1. The van der Waals surface area contributed by atoms with Crippen LogP contribution in [0.15, 0.2) is 82.6 Å². The van der Waals surface area contributed by atoms with E-state index in [9.17, 15) is 13.2 Å².